The van der Waals surface area contributed by atoms with Crippen LogP contribution in [0.1, 0.15) is 31.4 Å². The first-order valence-corrected chi connectivity index (χ1v) is 7.20. The molecule has 108 valence electrons. The Bertz CT molecular complexity index is 515. The maximum absolute atomic E-state index is 13.6. The van der Waals surface area contributed by atoms with Gasteiger partial charge in [-0.2, -0.15) is 0 Å². The van der Waals surface area contributed by atoms with Gasteiger partial charge in [-0.3, -0.25) is 4.90 Å². The summed E-state index contributed by atoms with van der Waals surface area (Å²) in [6, 6.07) is 5.08. The Labute approximate surface area is 120 Å². The van der Waals surface area contributed by atoms with Crippen LogP contribution in [0.5, 0.6) is 0 Å². The van der Waals surface area contributed by atoms with Crippen LogP contribution in [0, 0.1) is 29.5 Å². The van der Waals surface area contributed by atoms with Crippen molar-refractivity contribution in [2.75, 3.05) is 19.7 Å². The third-order valence-corrected chi connectivity index (χ3v) is 3.99. The van der Waals surface area contributed by atoms with Crippen LogP contribution >= 0.6 is 0 Å². The number of likely N-dealkylation sites (tertiary alicyclic amines) is 1. The third-order valence-electron chi connectivity index (χ3n) is 3.99. The van der Waals surface area contributed by atoms with Crippen molar-refractivity contribution in [3.8, 4) is 11.8 Å². The van der Waals surface area contributed by atoms with Gasteiger partial charge in [0.15, 0.2) is 0 Å². The Morgan fingerprint density at radius 1 is 1.45 bits per heavy atom. The topological polar surface area (TPSA) is 23.5 Å². The van der Waals surface area contributed by atoms with Gasteiger partial charge in [0.1, 0.15) is 12.4 Å². The van der Waals surface area contributed by atoms with E-state index in [0.717, 1.165) is 37.0 Å². The number of aliphatic hydroxyl groups is 1. The summed E-state index contributed by atoms with van der Waals surface area (Å²) in [6.45, 7) is 7.37. The minimum absolute atomic E-state index is 0.244. The SMILES string of the molecule is CC(C)C1CCN(Cc2ccc(F)c(C#CCO)c2)C1. The molecule has 0 saturated carbocycles. The van der Waals surface area contributed by atoms with Crippen LogP contribution in [-0.4, -0.2) is 29.7 Å². The van der Waals surface area contributed by atoms with E-state index in [1.165, 1.54) is 12.5 Å². The minimum Gasteiger partial charge on any atom is -0.384 e. The maximum Gasteiger partial charge on any atom is 0.138 e. The van der Waals surface area contributed by atoms with Crippen LogP contribution in [-0.2, 0) is 6.54 Å². The minimum atomic E-state index is -0.323. The molecular formula is C17H22FNO. The molecule has 0 bridgehead atoms. The van der Waals surface area contributed by atoms with Gasteiger partial charge in [0.05, 0.1) is 5.56 Å². The number of hydrogen-bond donors (Lipinski definition) is 1. The van der Waals surface area contributed by atoms with E-state index in [1.807, 2.05) is 6.07 Å². The molecule has 1 saturated heterocycles. The molecule has 0 spiro atoms. The number of nitrogens with zero attached hydrogens (tertiary/aromatic N) is 1. The van der Waals surface area contributed by atoms with E-state index in [0.29, 0.717) is 5.56 Å². The molecule has 2 rings (SSSR count). The first-order chi connectivity index (χ1) is 9.60. The highest BCUT2D eigenvalue weighted by Gasteiger charge is 2.24. The van der Waals surface area contributed by atoms with Crippen LogP contribution in [0.15, 0.2) is 18.2 Å². The lowest BCUT2D eigenvalue weighted by Crippen LogP contribution is -2.21. The van der Waals surface area contributed by atoms with E-state index in [4.69, 9.17) is 5.11 Å². The molecule has 0 radical (unpaired) electrons. The van der Waals surface area contributed by atoms with Crippen molar-refractivity contribution in [3.05, 3.63) is 35.1 Å². The summed E-state index contributed by atoms with van der Waals surface area (Å²) in [5.74, 6) is 6.33. The molecule has 1 aromatic rings. The molecule has 1 N–H and O–H groups in total. The van der Waals surface area contributed by atoms with E-state index in [2.05, 4.69) is 30.6 Å². The van der Waals surface area contributed by atoms with E-state index in [9.17, 15) is 4.39 Å². The van der Waals surface area contributed by atoms with E-state index in [1.54, 1.807) is 6.07 Å². The molecule has 0 aromatic heterocycles. The molecule has 1 fully saturated rings. The smallest absolute Gasteiger partial charge is 0.138 e. The molecule has 2 nitrogen and oxygen atoms in total. The summed E-state index contributed by atoms with van der Waals surface area (Å²) in [7, 11) is 0. The fourth-order valence-corrected chi connectivity index (χ4v) is 2.71. The van der Waals surface area contributed by atoms with Crippen LogP contribution in [0.2, 0.25) is 0 Å². The molecule has 20 heavy (non-hydrogen) atoms. The van der Waals surface area contributed by atoms with E-state index in [-0.39, 0.29) is 12.4 Å². The van der Waals surface area contributed by atoms with Crippen molar-refractivity contribution in [2.24, 2.45) is 11.8 Å². The molecule has 1 aliphatic rings. The molecule has 1 unspecified atom stereocenters. The molecule has 1 aromatic carbocycles. The van der Waals surface area contributed by atoms with Crippen molar-refractivity contribution >= 4 is 0 Å². The van der Waals surface area contributed by atoms with Crippen molar-refractivity contribution in [3.63, 3.8) is 0 Å². The Kier molecular flexibility index (Phi) is 5.17. The molecule has 1 atom stereocenters. The Morgan fingerprint density at radius 3 is 2.90 bits per heavy atom. The zero-order valence-electron chi connectivity index (χ0n) is 12.2. The first kappa shape index (κ1) is 15.0. The van der Waals surface area contributed by atoms with Crippen molar-refractivity contribution in [1.82, 2.24) is 4.90 Å². The highest BCUT2D eigenvalue weighted by Crippen LogP contribution is 2.25. The summed E-state index contributed by atoms with van der Waals surface area (Å²) in [4.78, 5) is 2.42. The first-order valence-electron chi connectivity index (χ1n) is 7.20. The fourth-order valence-electron chi connectivity index (χ4n) is 2.71. The van der Waals surface area contributed by atoms with Gasteiger partial charge in [0, 0.05) is 13.1 Å². The highest BCUT2D eigenvalue weighted by atomic mass is 19.1. The fraction of sp³-hybridized carbons (Fsp3) is 0.529. The number of benzene rings is 1. The number of hydrogen-bond acceptors (Lipinski definition) is 2. The second kappa shape index (κ2) is 6.88. The predicted molar refractivity (Wildman–Crippen MR) is 78.6 cm³/mol. The lowest BCUT2D eigenvalue weighted by molar-refractivity contribution is 0.296. The van der Waals surface area contributed by atoms with Gasteiger partial charge < -0.3 is 5.11 Å². The largest absolute Gasteiger partial charge is 0.384 e. The summed E-state index contributed by atoms with van der Waals surface area (Å²) >= 11 is 0. The standard InChI is InChI=1S/C17H22FNO/c1-13(2)16-7-8-19(12-16)11-14-5-6-17(18)15(10-14)4-3-9-20/h5-6,10,13,16,20H,7-9,11-12H2,1-2H3. The zero-order chi connectivity index (χ0) is 14.5. The van der Waals surface area contributed by atoms with Gasteiger partial charge in [0.2, 0.25) is 0 Å². The second-order valence-electron chi connectivity index (χ2n) is 5.80. The zero-order valence-corrected chi connectivity index (χ0v) is 12.2. The van der Waals surface area contributed by atoms with Crippen LogP contribution < -0.4 is 0 Å². The van der Waals surface area contributed by atoms with Crippen LogP contribution in [0.3, 0.4) is 0 Å². The summed E-state index contributed by atoms with van der Waals surface area (Å²) in [5.41, 5.74) is 1.45. The molecule has 0 amide bonds. The summed E-state index contributed by atoms with van der Waals surface area (Å²) in [6.07, 6.45) is 1.25. The Hall–Kier alpha value is -1.37. The Balaban J connectivity index is 2.03. The van der Waals surface area contributed by atoms with Crippen molar-refractivity contribution in [2.45, 2.75) is 26.8 Å². The average molecular weight is 275 g/mol. The Morgan fingerprint density at radius 2 is 2.25 bits per heavy atom. The van der Waals surface area contributed by atoms with Crippen LogP contribution in [0.25, 0.3) is 0 Å². The molecule has 3 heteroatoms. The van der Waals surface area contributed by atoms with Crippen molar-refractivity contribution < 1.29 is 9.50 Å². The third kappa shape index (κ3) is 3.82. The highest BCUT2D eigenvalue weighted by molar-refractivity contribution is 5.38. The van der Waals surface area contributed by atoms with Gasteiger partial charge in [-0.1, -0.05) is 31.8 Å². The molecule has 0 aliphatic carbocycles. The molecule has 1 heterocycles. The number of halogens is 1. The summed E-state index contributed by atoms with van der Waals surface area (Å²) in [5, 5.41) is 8.69. The lowest BCUT2D eigenvalue weighted by atomic mass is 9.95. The van der Waals surface area contributed by atoms with Crippen molar-refractivity contribution in [1.29, 1.82) is 0 Å². The lowest BCUT2D eigenvalue weighted by Gasteiger charge is -2.18. The molecular weight excluding hydrogens is 253 g/mol. The second-order valence-corrected chi connectivity index (χ2v) is 5.80. The van der Waals surface area contributed by atoms with Gasteiger partial charge in [-0.25, -0.2) is 4.39 Å². The quantitative estimate of drug-likeness (QED) is 0.857. The maximum atomic E-state index is 13.6. The monoisotopic (exact) mass is 275 g/mol. The average Bonchev–Trinajstić information content (AvgIpc) is 2.88. The van der Waals surface area contributed by atoms with E-state index < -0.39 is 0 Å². The summed E-state index contributed by atoms with van der Waals surface area (Å²) < 4.78 is 13.6. The van der Waals surface area contributed by atoms with Gasteiger partial charge in [-0.05, 0) is 42.5 Å². The normalized spacial score (nSPS) is 19.1. The number of rotatable bonds is 3. The number of aliphatic hydroxyl groups excluding tert-OH is 1. The predicted octanol–water partition coefficient (Wildman–Crippen LogP) is 2.65. The molecule has 1 aliphatic heterocycles. The van der Waals surface area contributed by atoms with Gasteiger partial charge >= 0.3 is 0 Å². The van der Waals surface area contributed by atoms with Gasteiger partial charge in [0.25, 0.3) is 0 Å². The van der Waals surface area contributed by atoms with Crippen LogP contribution in [0.4, 0.5) is 4.39 Å². The van der Waals surface area contributed by atoms with Gasteiger partial charge in [-0.15, -0.1) is 0 Å². The van der Waals surface area contributed by atoms with E-state index >= 15 is 0 Å².